The average Bonchev–Trinajstić information content (AvgIpc) is 3.08. The van der Waals surface area contributed by atoms with E-state index >= 15 is 0 Å². The Morgan fingerprint density at radius 2 is 1.62 bits per heavy atom. The number of likely N-dealkylation sites (tertiary alicyclic amines) is 1. The Hall–Kier alpha value is -2.39. The van der Waals surface area contributed by atoms with Gasteiger partial charge < -0.3 is 4.98 Å². The third-order valence-corrected chi connectivity index (χ3v) is 4.97. The Kier molecular flexibility index (Phi) is 4.18. The number of hydrogen-bond acceptors (Lipinski definition) is 2. The van der Waals surface area contributed by atoms with E-state index in [2.05, 4.69) is 22.0 Å². The zero-order valence-electron chi connectivity index (χ0n) is 13.7. The first-order chi connectivity index (χ1) is 11.8. The number of nitrogens with one attached hydrogen (secondary N) is 1. The van der Waals surface area contributed by atoms with E-state index < -0.39 is 0 Å². The summed E-state index contributed by atoms with van der Waals surface area (Å²) < 4.78 is 0. The number of H-pyrrole nitrogens is 1. The van der Waals surface area contributed by atoms with Crippen LogP contribution in [0.1, 0.15) is 41.2 Å². The summed E-state index contributed by atoms with van der Waals surface area (Å²) >= 11 is 0. The topological polar surface area (TPSA) is 36.1 Å². The molecule has 0 aliphatic carbocycles. The van der Waals surface area contributed by atoms with Gasteiger partial charge in [-0.05, 0) is 37.6 Å². The average molecular weight is 318 g/mol. The van der Waals surface area contributed by atoms with Gasteiger partial charge in [0.2, 0.25) is 0 Å². The van der Waals surface area contributed by atoms with Crippen molar-refractivity contribution < 1.29 is 4.79 Å². The standard InChI is InChI=1S/C21H22N2O/c24-21(18-15-22-19-12-6-5-11-17(18)19)20(16-9-3-1-4-10-16)23-13-7-2-8-14-23/h1,3-6,9-12,15,20,22H,2,7-8,13-14H2/t20-/m0/s1. The van der Waals surface area contributed by atoms with E-state index in [-0.39, 0.29) is 11.8 Å². The van der Waals surface area contributed by atoms with Crippen LogP contribution in [-0.2, 0) is 0 Å². The van der Waals surface area contributed by atoms with Gasteiger partial charge in [0.25, 0.3) is 0 Å². The molecule has 0 spiro atoms. The monoisotopic (exact) mass is 318 g/mol. The van der Waals surface area contributed by atoms with E-state index in [1.807, 2.05) is 48.7 Å². The van der Waals surface area contributed by atoms with Gasteiger partial charge >= 0.3 is 0 Å². The molecule has 0 unspecified atom stereocenters. The van der Waals surface area contributed by atoms with Crippen LogP contribution in [0.2, 0.25) is 0 Å². The highest BCUT2D eigenvalue weighted by atomic mass is 16.1. The number of rotatable bonds is 4. The first-order valence-electron chi connectivity index (χ1n) is 8.74. The second-order valence-electron chi connectivity index (χ2n) is 6.52. The third-order valence-electron chi connectivity index (χ3n) is 4.97. The van der Waals surface area contributed by atoms with Crippen LogP contribution in [0.5, 0.6) is 0 Å². The number of aromatic amines is 1. The number of fused-ring (bicyclic) bond motifs is 1. The van der Waals surface area contributed by atoms with Crippen molar-refractivity contribution in [3.63, 3.8) is 0 Å². The molecule has 2 aromatic carbocycles. The maximum Gasteiger partial charge on any atom is 0.186 e. The number of Topliss-reactive ketones (excluding diaryl/α,β-unsaturated/α-hetero) is 1. The van der Waals surface area contributed by atoms with Crippen LogP contribution < -0.4 is 0 Å². The first kappa shape index (κ1) is 15.2. The van der Waals surface area contributed by atoms with Crippen molar-refractivity contribution >= 4 is 16.7 Å². The predicted octanol–water partition coefficient (Wildman–Crippen LogP) is 4.58. The van der Waals surface area contributed by atoms with Gasteiger partial charge in [-0.1, -0.05) is 55.0 Å². The minimum absolute atomic E-state index is 0.189. The van der Waals surface area contributed by atoms with Gasteiger partial charge in [0.1, 0.15) is 0 Å². The number of hydrogen-bond donors (Lipinski definition) is 1. The van der Waals surface area contributed by atoms with E-state index in [4.69, 9.17) is 0 Å². The van der Waals surface area contributed by atoms with Gasteiger partial charge in [0.15, 0.2) is 5.78 Å². The highest BCUT2D eigenvalue weighted by Gasteiger charge is 2.30. The van der Waals surface area contributed by atoms with Crippen LogP contribution in [0.25, 0.3) is 10.9 Å². The highest BCUT2D eigenvalue weighted by Crippen LogP contribution is 2.30. The summed E-state index contributed by atoms with van der Waals surface area (Å²) in [4.78, 5) is 19.0. The predicted molar refractivity (Wildman–Crippen MR) is 97.2 cm³/mol. The second-order valence-corrected chi connectivity index (χ2v) is 6.52. The third kappa shape index (κ3) is 2.76. The molecular weight excluding hydrogens is 296 g/mol. The molecule has 0 saturated carbocycles. The molecule has 2 heterocycles. The quantitative estimate of drug-likeness (QED) is 0.715. The maximum absolute atomic E-state index is 13.5. The van der Waals surface area contributed by atoms with E-state index in [1.54, 1.807) is 0 Å². The van der Waals surface area contributed by atoms with E-state index in [1.165, 1.54) is 19.3 Å². The van der Waals surface area contributed by atoms with Gasteiger partial charge in [0.05, 0.1) is 6.04 Å². The molecule has 3 nitrogen and oxygen atoms in total. The largest absolute Gasteiger partial charge is 0.360 e. The number of aromatic nitrogens is 1. The molecule has 3 aromatic rings. The Balaban J connectivity index is 1.76. The summed E-state index contributed by atoms with van der Waals surface area (Å²) in [6.45, 7) is 1.99. The van der Waals surface area contributed by atoms with E-state index in [0.29, 0.717) is 0 Å². The van der Waals surface area contributed by atoms with Crippen LogP contribution in [0.15, 0.2) is 60.8 Å². The van der Waals surface area contributed by atoms with Crippen molar-refractivity contribution in [3.8, 4) is 0 Å². The Morgan fingerprint density at radius 3 is 2.42 bits per heavy atom. The molecule has 1 saturated heterocycles. The fraction of sp³-hybridized carbons (Fsp3) is 0.286. The Bertz CT molecular complexity index is 831. The van der Waals surface area contributed by atoms with Gasteiger partial charge in [-0.3, -0.25) is 9.69 Å². The minimum Gasteiger partial charge on any atom is -0.360 e. The summed E-state index contributed by atoms with van der Waals surface area (Å²) in [5, 5.41) is 1.01. The zero-order chi connectivity index (χ0) is 16.4. The van der Waals surface area contributed by atoms with E-state index in [9.17, 15) is 4.79 Å². The number of piperidine rings is 1. The molecule has 1 atom stereocenters. The summed E-state index contributed by atoms with van der Waals surface area (Å²) in [5.74, 6) is 0.195. The van der Waals surface area contributed by atoms with Crippen LogP contribution in [0.3, 0.4) is 0 Å². The molecule has 1 fully saturated rings. The minimum atomic E-state index is -0.189. The second kappa shape index (κ2) is 6.62. The Labute approximate surface area is 142 Å². The molecule has 1 aliphatic rings. The summed E-state index contributed by atoms with van der Waals surface area (Å²) in [6.07, 6.45) is 5.47. The molecule has 0 radical (unpaired) electrons. The number of ketones is 1. The SMILES string of the molecule is O=C(c1c[nH]c2ccccc12)[C@H](c1ccccc1)N1CCCCC1. The molecule has 4 rings (SSSR count). The Morgan fingerprint density at radius 1 is 0.917 bits per heavy atom. The fourth-order valence-corrected chi connectivity index (χ4v) is 3.76. The van der Waals surface area contributed by atoms with Crippen LogP contribution >= 0.6 is 0 Å². The van der Waals surface area contributed by atoms with Gasteiger partial charge in [-0.15, -0.1) is 0 Å². The summed E-state index contributed by atoms with van der Waals surface area (Å²) in [5.41, 5.74) is 2.91. The molecule has 1 aromatic heterocycles. The first-order valence-corrected chi connectivity index (χ1v) is 8.74. The van der Waals surface area contributed by atoms with Crippen molar-refractivity contribution in [1.82, 2.24) is 9.88 Å². The molecular formula is C21H22N2O. The smallest absolute Gasteiger partial charge is 0.186 e. The summed E-state index contributed by atoms with van der Waals surface area (Å²) in [6, 6.07) is 18.0. The number of carbonyl (C=O) groups is 1. The van der Waals surface area contributed by atoms with Crippen LogP contribution in [-0.4, -0.2) is 28.8 Å². The van der Waals surface area contributed by atoms with Crippen molar-refractivity contribution in [2.24, 2.45) is 0 Å². The number of nitrogens with zero attached hydrogens (tertiary/aromatic N) is 1. The van der Waals surface area contributed by atoms with Crippen LogP contribution in [0, 0.1) is 0 Å². The van der Waals surface area contributed by atoms with E-state index in [0.717, 1.165) is 35.1 Å². The molecule has 1 aliphatic heterocycles. The molecule has 1 N–H and O–H groups in total. The normalized spacial score (nSPS) is 17.0. The van der Waals surface area contributed by atoms with Crippen molar-refractivity contribution in [3.05, 3.63) is 71.9 Å². The molecule has 0 amide bonds. The lowest BCUT2D eigenvalue weighted by Crippen LogP contribution is -2.38. The lowest BCUT2D eigenvalue weighted by Gasteiger charge is -2.33. The maximum atomic E-state index is 13.5. The van der Waals surface area contributed by atoms with Gasteiger partial charge in [-0.2, -0.15) is 0 Å². The van der Waals surface area contributed by atoms with Crippen molar-refractivity contribution in [2.45, 2.75) is 25.3 Å². The molecule has 122 valence electrons. The van der Waals surface area contributed by atoms with Crippen molar-refractivity contribution in [2.75, 3.05) is 13.1 Å². The number of para-hydroxylation sites is 1. The number of benzene rings is 2. The lowest BCUT2D eigenvalue weighted by atomic mass is 9.94. The lowest BCUT2D eigenvalue weighted by molar-refractivity contribution is 0.0784. The van der Waals surface area contributed by atoms with Gasteiger partial charge in [0, 0.05) is 22.7 Å². The molecule has 24 heavy (non-hydrogen) atoms. The van der Waals surface area contributed by atoms with Gasteiger partial charge in [-0.25, -0.2) is 0 Å². The molecule has 3 heteroatoms. The van der Waals surface area contributed by atoms with Crippen LogP contribution in [0.4, 0.5) is 0 Å². The summed E-state index contributed by atoms with van der Waals surface area (Å²) in [7, 11) is 0. The zero-order valence-corrected chi connectivity index (χ0v) is 13.7. The highest BCUT2D eigenvalue weighted by molar-refractivity contribution is 6.10. The fourth-order valence-electron chi connectivity index (χ4n) is 3.76. The molecule has 0 bridgehead atoms. The van der Waals surface area contributed by atoms with Crippen molar-refractivity contribution in [1.29, 1.82) is 0 Å². The number of carbonyl (C=O) groups excluding carboxylic acids is 1.